The van der Waals surface area contributed by atoms with Crippen molar-refractivity contribution in [1.29, 1.82) is 0 Å². The van der Waals surface area contributed by atoms with Crippen LogP contribution in [0.4, 0.5) is 0 Å². The molecule has 0 spiro atoms. The molecule has 12 rings (SSSR count). The minimum Gasteiger partial charge on any atom is -0.355 e. The van der Waals surface area contributed by atoms with Gasteiger partial charge in [0.15, 0.2) is 34.7 Å². The lowest BCUT2D eigenvalue weighted by Crippen LogP contribution is -2.26. The van der Waals surface area contributed by atoms with Gasteiger partial charge in [0.2, 0.25) is 0 Å². The summed E-state index contributed by atoms with van der Waals surface area (Å²) in [6.07, 6.45) is 0. The lowest BCUT2D eigenvalue weighted by molar-refractivity contribution is 0.100. The number of benzene rings is 8. The monoisotopic (exact) mass is 1130 g/mol. The molecule has 0 bridgehead atoms. The normalized spacial score (nSPS) is 11.2. The van der Waals surface area contributed by atoms with Crippen LogP contribution in [0.1, 0.15) is 131 Å². The van der Waals surface area contributed by atoms with Gasteiger partial charge in [-0.2, -0.15) is 0 Å². The number of halogens is 1. The van der Waals surface area contributed by atoms with E-state index in [1.54, 1.807) is 41.5 Å². The molecule has 0 atom stereocenters. The summed E-state index contributed by atoms with van der Waals surface area (Å²) in [6, 6.07) is 52.1. The molecule has 4 N–H and O–H groups in total. The van der Waals surface area contributed by atoms with Crippen LogP contribution in [0, 0.1) is 0 Å². The first kappa shape index (κ1) is 60.3. The molecule has 0 aliphatic rings. The van der Waals surface area contributed by atoms with Crippen molar-refractivity contribution < 1.29 is 28.8 Å². The van der Waals surface area contributed by atoms with Crippen LogP contribution >= 0.6 is 12.4 Å². The molecular formula is C70H71ClN6O6. The Bertz CT molecular complexity index is 4040. The second kappa shape index (κ2) is 26.0. The summed E-state index contributed by atoms with van der Waals surface area (Å²) in [7, 11) is 0. The summed E-state index contributed by atoms with van der Waals surface area (Å²) in [5.41, 5.74) is 12.9. The Morgan fingerprint density at radius 2 is 0.578 bits per heavy atom. The average Bonchev–Trinajstić information content (AvgIpc) is 4.42. The fraction of sp³-hybridized carbons (Fsp3) is 0.229. The quantitative estimate of drug-likeness (QED) is 0.0781. The minimum atomic E-state index is 0. The van der Waals surface area contributed by atoms with Crippen LogP contribution < -0.4 is 10.6 Å². The smallest absolute Gasteiger partial charge is 0.159 e. The van der Waals surface area contributed by atoms with Crippen molar-refractivity contribution in [3.05, 3.63) is 191 Å². The van der Waals surface area contributed by atoms with Gasteiger partial charge in [-0.15, -0.1) is 12.4 Å². The molecule has 0 amide bonds. The Kier molecular flexibility index (Phi) is 18.9. The molecule has 0 aliphatic carbocycles. The van der Waals surface area contributed by atoms with E-state index >= 15 is 0 Å². The van der Waals surface area contributed by atoms with E-state index < -0.39 is 0 Å². The largest absolute Gasteiger partial charge is 0.355 e. The maximum absolute atomic E-state index is 11.8. The molecule has 12 aromatic rings. The third kappa shape index (κ3) is 13.3. The number of nitrogens with one attached hydrogen (secondary N) is 4. The summed E-state index contributed by atoms with van der Waals surface area (Å²) in [5, 5.41) is 15.5. The highest BCUT2D eigenvalue weighted by Crippen LogP contribution is 2.34. The Balaban J connectivity index is 0.000000147. The van der Waals surface area contributed by atoms with E-state index in [0.29, 0.717) is 45.5 Å². The number of hydrogen-bond donors (Lipinski definition) is 4. The van der Waals surface area contributed by atoms with Crippen molar-refractivity contribution in [2.75, 3.05) is 13.1 Å². The third-order valence-electron chi connectivity index (χ3n) is 15.0. The van der Waals surface area contributed by atoms with Crippen molar-refractivity contribution in [2.45, 2.75) is 94.4 Å². The molecule has 12 nitrogen and oxygen atoms in total. The number of H-pyrrole nitrogens is 2. The van der Waals surface area contributed by atoms with E-state index in [1.807, 2.05) is 109 Å². The molecule has 0 radical (unpaired) electrons. The van der Waals surface area contributed by atoms with Crippen molar-refractivity contribution in [3.63, 3.8) is 0 Å². The van der Waals surface area contributed by atoms with Crippen LogP contribution in [0.3, 0.4) is 0 Å². The number of para-hydroxylation sites is 2. The van der Waals surface area contributed by atoms with E-state index in [2.05, 4.69) is 106 Å². The number of Topliss-reactive ketones (excluding diaryl/α,β-unsaturated/α-hetero) is 6. The number of fused-ring (bicyclic) bond motifs is 12. The van der Waals surface area contributed by atoms with Crippen LogP contribution in [-0.2, 0) is 13.1 Å². The number of nitrogens with zero attached hydrogens (tertiary/aromatic N) is 2. The lowest BCUT2D eigenvalue weighted by atomic mass is 10.0. The molecule has 0 unspecified atom stereocenters. The zero-order valence-electron chi connectivity index (χ0n) is 48.7. The number of aromatic nitrogens is 4. The molecule has 8 aromatic carbocycles. The summed E-state index contributed by atoms with van der Waals surface area (Å²) >= 11 is 0. The van der Waals surface area contributed by atoms with Crippen LogP contribution in [0.15, 0.2) is 158 Å². The second-order valence-electron chi connectivity index (χ2n) is 21.6. The molecule has 0 fully saturated rings. The fourth-order valence-corrected chi connectivity index (χ4v) is 10.6. The summed E-state index contributed by atoms with van der Waals surface area (Å²) < 4.78 is 4.52. The summed E-state index contributed by atoms with van der Waals surface area (Å²) in [5.74, 6) is 0.274. The first-order chi connectivity index (χ1) is 39.3. The van der Waals surface area contributed by atoms with Gasteiger partial charge in [-0.05, 0) is 163 Å². The number of carbonyl (C=O) groups is 6. The molecule has 0 saturated carbocycles. The van der Waals surface area contributed by atoms with Crippen LogP contribution in [-0.4, -0.2) is 79.0 Å². The first-order valence-electron chi connectivity index (χ1n) is 27.9. The predicted octanol–water partition coefficient (Wildman–Crippen LogP) is 15.9. The van der Waals surface area contributed by atoms with Crippen molar-refractivity contribution in [1.82, 2.24) is 29.7 Å². The Morgan fingerprint density at radius 1 is 0.337 bits per heavy atom. The zero-order valence-corrected chi connectivity index (χ0v) is 49.6. The Morgan fingerprint density at radius 3 is 0.843 bits per heavy atom. The number of hydrogen-bond acceptors (Lipinski definition) is 8. The van der Waals surface area contributed by atoms with Crippen LogP contribution in [0.5, 0.6) is 0 Å². The maximum atomic E-state index is 11.8. The highest BCUT2D eigenvalue weighted by molar-refractivity contribution is 6.15. The van der Waals surface area contributed by atoms with Crippen molar-refractivity contribution in [2.24, 2.45) is 0 Å². The lowest BCUT2D eigenvalue weighted by Gasteiger charge is -2.11. The highest BCUT2D eigenvalue weighted by atomic mass is 35.5. The SMILES string of the molecule is CC(=O)c1ccc2[nH]c3ccc(C(C)=O)cc3c2c1.CC(=O)c1ccc2c(c1)c1cc(C(C)=O)ccc1n2CCNC(C)C.CC(=O)c1ccc2c(c1)c1cc(C(C)=O)ccc1n2CCNC(C)C.Cl.c1ccc2c(c1)[nH]c1ccccc12. The molecule has 13 heteroatoms. The summed E-state index contributed by atoms with van der Waals surface area (Å²) in [4.78, 5) is 76.7. The van der Waals surface area contributed by atoms with Gasteiger partial charge >= 0.3 is 0 Å². The number of rotatable bonds is 14. The van der Waals surface area contributed by atoms with Gasteiger partial charge in [0.25, 0.3) is 0 Å². The maximum Gasteiger partial charge on any atom is 0.159 e. The topological polar surface area (TPSA) is 168 Å². The van der Waals surface area contributed by atoms with Crippen molar-refractivity contribution in [3.8, 4) is 0 Å². The van der Waals surface area contributed by atoms with Gasteiger partial charge in [0.1, 0.15) is 0 Å². The molecular weight excluding hydrogens is 1060 g/mol. The standard InChI is InChI=1S/2C21H24N2O2.C16H13NO2.C12H9N.ClH/c2*1-13(2)22-9-10-23-20-7-5-16(14(3)24)11-18(20)19-12-17(15(4)25)6-8-21(19)23;1-9(18)11-3-5-15-13(7-11)14-8-12(10(2)19)4-6-16(14)17-15;1-3-7-11-9(5-1)10-6-2-4-8-12(10)13-11;/h2*5-8,11-13,22H,9-10H2,1-4H3;3-8,17H,1-2H3;1-8,13H;1H. The van der Waals surface area contributed by atoms with E-state index in [4.69, 9.17) is 0 Å². The first-order valence-corrected chi connectivity index (χ1v) is 27.9. The van der Waals surface area contributed by atoms with Crippen LogP contribution in [0.25, 0.3) is 87.2 Å². The van der Waals surface area contributed by atoms with Crippen molar-refractivity contribution >= 4 is 134 Å². The highest BCUT2D eigenvalue weighted by Gasteiger charge is 2.17. The second-order valence-corrected chi connectivity index (χ2v) is 21.6. The molecule has 0 aliphatic heterocycles. The van der Waals surface area contributed by atoms with Gasteiger partial charge in [-0.3, -0.25) is 28.8 Å². The molecule has 4 heterocycles. The van der Waals surface area contributed by atoms with Gasteiger partial charge < -0.3 is 29.7 Å². The fourth-order valence-electron chi connectivity index (χ4n) is 10.6. The third-order valence-corrected chi connectivity index (χ3v) is 15.0. The van der Waals surface area contributed by atoms with Gasteiger partial charge in [0.05, 0.1) is 0 Å². The van der Waals surface area contributed by atoms with E-state index in [0.717, 1.165) is 91.6 Å². The Hall–Kier alpha value is -8.81. The predicted molar refractivity (Wildman–Crippen MR) is 344 cm³/mol. The molecule has 0 saturated heterocycles. The van der Waals surface area contributed by atoms with Gasteiger partial charge in [-0.25, -0.2) is 0 Å². The van der Waals surface area contributed by atoms with E-state index in [9.17, 15) is 28.8 Å². The van der Waals surface area contributed by atoms with Gasteiger partial charge in [0, 0.05) is 159 Å². The molecule has 424 valence electrons. The Labute approximate surface area is 489 Å². The number of aromatic amines is 2. The van der Waals surface area contributed by atoms with Gasteiger partial charge in [-0.1, -0.05) is 64.1 Å². The minimum absolute atomic E-state index is 0. The van der Waals surface area contributed by atoms with E-state index in [-0.39, 0.29) is 47.1 Å². The zero-order chi connectivity index (χ0) is 58.5. The number of ketones is 6. The summed E-state index contributed by atoms with van der Waals surface area (Å²) in [6.45, 7) is 21.3. The average molecular weight is 1130 g/mol. The molecule has 4 aromatic heterocycles. The molecule has 83 heavy (non-hydrogen) atoms. The number of carbonyl (C=O) groups excluding carboxylic acids is 6. The van der Waals surface area contributed by atoms with Crippen LogP contribution in [0.2, 0.25) is 0 Å². The van der Waals surface area contributed by atoms with E-state index in [1.165, 1.54) is 21.8 Å².